The third kappa shape index (κ3) is 4.28. The van der Waals surface area contributed by atoms with Crippen LogP contribution in [0.2, 0.25) is 0 Å². The number of aryl methyl sites for hydroxylation is 1. The van der Waals surface area contributed by atoms with E-state index in [1.807, 2.05) is 37.3 Å². The lowest BCUT2D eigenvalue weighted by Gasteiger charge is -2.35. The monoisotopic (exact) mass is 401 g/mol. The zero-order valence-electron chi connectivity index (χ0n) is 16.3. The second kappa shape index (κ2) is 8.05. The summed E-state index contributed by atoms with van der Waals surface area (Å²) in [4.78, 5) is 13.3. The summed E-state index contributed by atoms with van der Waals surface area (Å²) in [5.41, 5.74) is 1.96. The van der Waals surface area contributed by atoms with Gasteiger partial charge < -0.3 is 9.80 Å². The molecular formula is C20H27N5O2S. The molecule has 2 aromatic rings. The van der Waals surface area contributed by atoms with Gasteiger partial charge in [0.25, 0.3) is 0 Å². The minimum absolute atomic E-state index is 0.0555. The van der Waals surface area contributed by atoms with Gasteiger partial charge >= 0.3 is 0 Å². The lowest BCUT2D eigenvalue weighted by atomic mass is 10.2. The van der Waals surface area contributed by atoms with E-state index in [-0.39, 0.29) is 5.75 Å². The van der Waals surface area contributed by atoms with Gasteiger partial charge in [0.15, 0.2) is 0 Å². The maximum absolute atomic E-state index is 12.8. The van der Waals surface area contributed by atoms with E-state index in [1.54, 1.807) is 10.6 Å². The van der Waals surface area contributed by atoms with Gasteiger partial charge in [0.05, 0.1) is 5.75 Å². The number of hydrogen-bond donors (Lipinski definition) is 0. The number of anilines is 2. The molecule has 7 nitrogen and oxygen atoms in total. The molecule has 0 atom stereocenters. The Morgan fingerprint density at radius 1 is 0.857 bits per heavy atom. The molecule has 28 heavy (non-hydrogen) atoms. The van der Waals surface area contributed by atoms with Gasteiger partial charge in [-0.2, -0.15) is 4.31 Å². The van der Waals surface area contributed by atoms with Crippen LogP contribution in [0.5, 0.6) is 0 Å². The van der Waals surface area contributed by atoms with Crippen LogP contribution >= 0.6 is 0 Å². The van der Waals surface area contributed by atoms with Gasteiger partial charge in [-0.25, -0.2) is 18.4 Å². The quantitative estimate of drug-likeness (QED) is 0.764. The summed E-state index contributed by atoms with van der Waals surface area (Å²) in [5, 5.41) is 0. The number of nitrogens with zero attached hydrogens (tertiary/aromatic N) is 5. The Labute approximate surface area is 167 Å². The molecule has 0 bridgehead atoms. The highest BCUT2D eigenvalue weighted by molar-refractivity contribution is 7.88. The maximum Gasteiger partial charge on any atom is 0.218 e. The second-order valence-electron chi connectivity index (χ2n) is 7.56. The molecule has 0 N–H and O–H groups in total. The largest absolute Gasteiger partial charge is 0.356 e. The Morgan fingerprint density at radius 3 is 2.04 bits per heavy atom. The van der Waals surface area contributed by atoms with E-state index in [9.17, 15) is 8.42 Å². The van der Waals surface area contributed by atoms with E-state index in [0.717, 1.165) is 35.9 Å². The summed E-state index contributed by atoms with van der Waals surface area (Å²) in [7, 11) is -3.31. The number of sulfonamides is 1. The van der Waals surface area contributed by atoms with Crippen molar-refractivity contribution in [1.82, 2.24) is 14.3 Å². The van der Waals surface area contributed by atoms with Gasteiger partial charge in [0.1, 0.15) is 18.0 Å². The lowest BCUT2D eigenvalue weighted by molar-refractivity contribution is 0.383. The van der Waals surface area contributed by atoms with Gasteiger partial charge in [0, 0.05) is 45.3 Å². The van der Waals surface area contributed by atoms with Crippen molar-refractivity contribution in [2.75, 3.05) is 49.1 Å². The van der Waals surface area contributed by atoms with Gasteiger partial charge in [-0.1, -0.05) is 29.8 Å². The van der Waals surface area contributed by atoms with Crippen LogP contribution < -0.4 is 9.80 Å². The molecule has 0 radical (unpaired) electrons. The molecule has 1 aromatic carbocycles. The third-order valence-electron chi connectivity index (χ3n) is 5.49. The summed E-state index contributed by atoms with van der Waals surface area (Å²) in [6, 6.07) is 9.72. The van der Waals surface area contributed by atoms with E-state index >= 15 is 0 Å². The summed E-state index contributed by atoms with van der Waals surface area (Å²) >= 11 is 0. The van der Waals surface area contributed by atoms with Gasteiger partial charge in [-0.05, 0) is 25.3 Å². The molecule has 0 unspecified atom stereocenters. The van der Waals surface area contributed by atoms with Crippen molar-refractivity contribution in [3.8, 4) is 0 Å². The Balaban J connectivity index is 1.39. The first-order chi connectivity index (χ1) is 13.5. The molecule has 2 saturated heterocycles. The Morgan fingerprint density at radius 2 is 1.43 bits per heavy atom. The first-order valence-electron chi connectivity index (χ1n) is 9.87. The summed E-state index contributed by atoms with van der Waals surface area (Å²) < 4.78 is 27.2. The van der Waals surface area contributed by atoms with Crippen molar-refractivity contribution in [1.29, 1.82) is 0 Å². The van der Waals surface area contributed by atoms with E-state index in [4.69, 9.17) is 0 Å². The fourth-order valence-electron chi connectivity index (χ4n) is 3.81. The summed E-state index contributed by atoms with van der Waals surface area (Å²) in [6.07, 6.45) is 4.03. The highest BCUT2D eigenvalue weighted by Crippen LogP contribution is 2.23. The van der Waals surface area contributed by atoms with Crippen molar-refractivity contribution in [3.05, 3.63) is 47.8 Å². The highest BCUT2D eigenvalue weighted by atomic mass is 32.2. The zero-order chi connectivity index (χ0) is 19.6. The predicted molar refractivity (Wildman–Crippen MR) is 111 cm³/mol. The van der Waals surface area contributed by atoms with Crippen LogP contribution in [0.1, 0.15) is 24.0 Å². The first-order valence-corrected chi connectivity index (χ1v) is 11.5. The molecule has 0 amide bonds. The molecule has 2 aliphatic heterocycles. The molecule has 2 aliphatic rings. The van der Waals surface area contributed by atoms with Crippen molar-refractivity contribution >= 4 is 21.7 Å². The highest BCUT2D eigenvalue weighted by Gasteiger charge is 2.28. The van der Waals surface area contributed by atoms with Gasteiger partial charge in [0.2, 0.25) is 10.0 Å². The third-order valence-corrected chi connectivity index (χ3v) is 7.34. The van der Waals surface area contributed by atoms with Gasteiger partial charge in [-0.15, -0.1) is 0 Å². The molecule has 0 aliphatic carbocycles. The number of benzene rings is 1. The van der Waals surface area contributed by atoms with Crippen LogP contribution in [0.15, 0.2) is 36.7 Å². The fourth-order valence-corrected chi connectivity index (χ4v) is 5.33. The van der Waals surface area contributed by atoms with Crippen molar-refractivity contribution < 1.29 is 8.42 Å². The number of rotatable bonds is 5. The van der Waals surface area contributed by atoms with E-state index in [1.165, 1.54) is 12.8 Å². The number of aromatic nitrogens is 2. The minimum atomic E-state index is -3.31. The average molecular weight is 402 g/mol. The molecule has 0 spiro atoms. The molecule has 150 valence electrons. The SMILES string of the molecule is Cc1ccc(CS(=O)(=O)N2CCN(c3cc(N4CCCC4)ncn3)CC2)cc1. The smallest absolute Gasteiger partial charge is 0.218 e. The van der Waals surface area contributed by atoms with Crippen molar-refractivity contribution in [2.45, 2.75) is 25.5 Å². The van der Waals surface area contributed by atoms with Crippen molar-refractivity contribution in [3.63, 3.8) is 0 Å². The number of hydrogen-bond acceptors (Lipinski definition) is 6. The van der Waals surface area contributed by atoms with Crippen molar-refractivity contribution in [2.24, 2.45) is 0 Å². The Hall–Kier alpha value is -2.19. The van der Waals surface area contributed by atoms with Crippen LogP contribution in [0.4, 0.5) is 11.6 Å². The molecule has 0 saturated carbocycles. The maximum atomic E-state index is 12.8. The van der Waals surface area contributed by atoms with E-state index in [2.05, 4.69) is 19.8 Å². The van der Waals surface area contributed by atoms with Crippen LogP contribution in [-0.4, -0.2) is 62.0 Å². The summed E-state index contributed by atoms with van der Waals surface area (Å²) in [6.45, 7) is 6.34. The standard InChI is InChI=1S/C20H27N5O2S/c1-17-4-6-18(7-5-17)15-28(26,27)25-12-10-24(11-13-25)20-14-19(21-16-22-20)23-8-2-3-9-23/h4-7,14,16H,2-3,8-13,15H2,1H3. The molecule has 3 heterocycles. The average Bonchev–Trinajstić information content (AvgIpc) is 3.25. The first kappa shape index (κ1) is 19.1. The summed E-state index contributed by atoms with van der Waals surface area (Å²) in [5.74, 6) is 1.91. The zero-order valence-corrected chi connectivity index (χ0v) is 17.1. The predicted octanol–water partition coefficient (Wildman–Crippen LogP) is 2.04. The molecule has 4 rings (SSSR count). The fraction of sp³-hybridized carbons (Fsp3) is 0.500. The Kier molecular flexibility index (Phi) is 5.50. The normalized spacial score (nSPS) is 18.6. The molecule has 2 fully saturated rings. The second-order valence-corrected chi connectivity index (χ2v) is 9.53. The van der Waals surface area contributed by atoms with E-state index < -0.39 is 10.0 Å². The van der Waals surface area contributed by atoms with Crippen LogP contribution in [0.25, 0.3) is 0 Å². The molecule has 1 aromatic heterocycles. The minimum Gasteiger partial charge on any atom is -0.356 e. The van der Waals surface area contributed by atoms with Crippen LogP contribution in [0.3, 0.4) is 0 Å². The number of piperazine rings is 1. The topological polar surface area (TPSA) is 69.6 Å². The van der Waals surface area contributed by atoms with E-state index in [0.29, 0.717) is 26.2 Å². The van der Waals surface area contributed by atoms with Crippen LogP contribution in [0, 0.1) is 6.92 Å². The van der Waals surface area contributed by atoms with Gasteiger partial charge in [-0.3, -0.25) is 0 Å². The lowest BCUT2D eigenvalue weighted by Crippen LogP contribution is -2.49. The Bertz CT molecular complexity index is 902. The van der Waals surface area contributed by atoms with Crippen LogP contribution in [-0.2, 0) is 15.8 Å². The molecule has 8 heteroatoms. The molecular weight excluding hydrogens is 374 g/mol.